The molecule has 4 heteroatoms. The summed E-state index contributed by atoms with van der Waals surface area (Å²) < 4.78 is 6.03. The van der Waals surface area contributed by atoms with E-state index in [2.05, 4.69) is 21.3 Å². The molecule has 0 aromatic carbocycles. The summed E-state index contributed by atoms with van der Waals surface area (Å²) in [7, 11) is 0. The molecule has 0 bridgehead atoms. The maximum atomic E-state index is 6.03. The van der Waals surface area contributed by atoms with Gasteiger partial charge in [0.25, 0.3) is 0 Å². The quantitative estimate of drug-likeness (QED) is 0.786. The molecule has 0 amide bonds. The van der Waals surface area contributed by atoms with Gasteiger partial charge in [0.1, 0.15) is 0 Å². The maximum absolute atomic E-state index is 6.03. The zero-order valence-corrected chi connectivity index (χ0v) is 10.1. The SMILES string of the molecule is c1cncc(N2CCC[C@]3(CNCCO3)C2)c1. The van der Waals surface area contributed by atoms with Crippen molar-refractivity contribution in [2.45, 2.75) is 18.4 Å². The smallest absolute Gasteiger partial charge is 0.0981 e. The van der Waals surface area contributed by atoms with Crippen molar-refractivity contribution in [1.82, 2.24) is 10.3 Å². The molecule has 1 spiro atoms. The molecule has 0 radical (unpaired) electrons. The number of hydrogen-bond donors (Lipinski definition) is 1. The second-order valence-corrected chi connectivity index (χ2v) is 4.94. The zero-order chi connectivity index (χ0) is 11.6. The molecule has 2 aliphatic heterocycles. The highest BCUT2D eigenvalue weighted by atomic mass is 16.5. The summed E-state index contributed by atoms with van der Waals surface area (Å²) in [5.74, 6) is 0. The van der Waals surface area contributed by atoms with Gasteiger partial charge in [-0.05, 0) is 25.0 Å². The van der Waals surface area contributed by atoms with Crippen LogP contribution in [-0.4, -0.2) is 43.4 Å². The molecular weight excluding hydrogens is 214 g/mol. The highest BCUT2D eigenvalue weighted by Gasteiger charge is 2.37. The van der Waals surface area contributed by atoms with Gasteiger partial charge in [-0.3, -0.25) is 4.98 Å². The van der Waals surface area contributed by atoms with Gasteiger partial charge < -0.3 is 15.0 Å². The molecule has 1 N–H and O–H groups in total. The summed E-state index contributed by atoms with van der Waals surface area (Å²) in [6, 6.07) is 4.12. The van der Waals surface area contributed by atoms with Crippen LogP contribution in [0.5, 0.6) is 0 Å². The third kappa shape index (κ3) is 2.28. The van der Waals surface area contributed by atoms with Crippen molar-refractivity contribution >= 4 is 5.69 Å². The Hall–Kier alpha value is -1.13. The summed E-state index contributed by atoms with van der Waals surface area (Å²) in [6.07, 6.45) is 6.12. The zero-order valence-electron chi connectivity index (χ0n) is 10.1. The molecule has 0 saturated carbocycles. The fourth-order valence-electron chi connectivity index (χ4n) is 2.83. The number of aromatic nitrogens is 1. The highest BCUT2D eigenvalue weighted by Crippen LogP contribution is 2.29. The summed E-state index contributed by atoms with van der Waals surface area (Å²) in [6.45, 7) is 4.88. The Morgan fingerprint density at radius 1 is 1.47 bits per heavy atom. The largest absolute Gasteiger partial charge is 0.371 e. The predicted molar refractivity (Wildman–Crippen MR) is 67.2 cm³/mol. The molecule has 1 aromatic rings. The Balaban J connectivity index is 1.75. The van der Waals surface area contributed by atoms with Gasteiger partial charge in [0.05, 0.1) is 24.1 Å². The number of hydrogen-bond acceptors (Lipinski definition) is 4. The topological polar surface area (TPSA) is 37.4 Å². The van der Waals surface area contributed by atoms with Crippen molar-refractivity contribution in [2.75, 3.05) is 37.7 Å². The van der Waals surface area contributed by atoms with Crippen LogP contribution < -0.4 is 10.2 Å². The number of nitrogens with zero attached hydrogens (tertiary/aromatic N) is 2. The molecule has 4 nitrogen and oxygen atoms in total. The van der Waals surface area contributed by atoms with E-state index in [1.54, 1.807) is 0 Å². The average Bonchev–Trinajstić information content (AvgIpc) is 2.41. The van der Waals surface area contributed by atoms with Gasteiger partial charge in [-0.1, -0.05) is 0 Å². The minimum Gasteiger partial charge on any atom is -0.371 e. The second kappa shape index (κ2) is 4.63. The third-order valence-corrected chi connectivity index (χ3v) is 3.68. The first-order chi connectivity index (χ1) is 8.38. The number of nitrogens with one attached hydrogen (secondary N) is 1. The first kappa shape index (κ1) is 11.0. The monoisotopic (exact) mass is 233 g/mol. The van der Waals surface area contributed by atoms with Gasteiger partial charge in [-0.15, -0.1) is 0 Å². The van der Waals surface area contributed by atoms with E-state index < -0.39 is 0 Å². The van der Waals surface area contributed by atoms with Gasteiger partial charge in [0.15, 0.2) is 0 Å². The Morgan fingerprint density at radius 3 is 3.24 bits per heavy atom. The second-order valence-electron chi connectivity index (χ2n) is 4.94. The van der Waals surface area contributed by atoms with Crippen LogP contribution in [0, 0.1) is 0 Å². The molecule has 0 unspecified atom stereocenters. The number of anilines is 1. The van der Waals surface area contributed by atoms with E-state index in [-0.39, 0.29) is 5.60 Å². The van der Waals surface area contributed by atoms with E-state index in [9.17, 15) is 0 Å². The summed E-state index contributed by atoms with van der Waals surface area (Å²) in [4.78, 5) is 6.59. The summed E-state index contributed by atoms with van der Waals surface area (Å²) >= 11 is 0. The first-order valence-corrected chi connectivity index (χ1v) is 6.38. The number of rotatable bonds is 1. The molecule has 2 saturated heterocycles. The predicted octanol–water partition coefficient (Wildman–Crippen LogP) is 1.04. The van der Waals surface area contributed by atoms with Crippen molar-refractivity contribution in [3.05, 3.63) is 24.5 Å². The van der Waals surface area contributed by atoms with Gasteiger partial charge >= 0.3 is 0 Å². The van der Waals surface area contributed by atoms with Crippen LogP contribution in [0.3, 0.4) is 0 Å². The summed E-state index contributed by atoms with van der Waals surface area (Å²) in [5.41, 5.74) is 1.23. The number of pyridine rings is 1. The van der Waals surface area contributed by atoms with E-state index in [0.29, 0.717) is 0 Å². The lowest BCUT2D eigenvalue weighted by Gasteiger charge is -2.45. The van der Waals surface area contributed by atoms with Crippen LogP contribution in [0.25, 0.3) is 0 Å². The molecule has 3 rings (SSSR count). The fraction of sp³-hybridized carbons (Fsp3) is 0.615. The van der Waals surface area contributed by atoms with Crippen LogP contribution in [0.2, 0.25) is 0 Å². The molecule has 1 atom stereocenters. The Labute approximate surface area is 102 Å². The fourth-order valence-corrected chi connectivity index (χ4v) is 2.83. The minimum atomic E-state index is 0.0202. The van der Waals surface area contributed by atoms with Crippen LogP contribution in [0.15, 0.2) is 24.5 Å². The lowest BCUT2D eigenvalue weighted by atomic mass is 9.91. The van der Waals surface area contributed by atoms with Crippen molar-refractivity contribution in [1.29, 1.82) is 0 Å². The molecule has 2 fully saturated rings. The number of piperidine rings is 1. The standard InChI is InChI=1S/C13H19N3O/c1-3-12(9-14-5-1)16-7-2-4-13(11-16)10-15-6-8-17-13/h1,3,5,9,15H,2,4,6-8,10-11H2/t13-/m0/s1. The average molecular weight is 233 g/mol. The lowest BCUT2D eigenvalue weighted by molar-refractivity contribution is -0.0725. The van der Waals surface area contributed by atoms with E-state index in [1.165, 1.54) is 12.1 Å². The summed E-state index contributed by atoms with van der Waals surface area (Å²) in [5, 5.41) is 3.45. The van der Waals surface area contributed by atoms with Gasteiger partial charge in [-0.25, -0.2) is 0 Å². The number of morpholine rings is 1. The molecule has 17 heavy (non-hydrogen) atoms. The molecule has 3 heterocycles. The van der Waals surface area contributed by atoms with Gasteiger partial charge in [0, 0.05) is 32.4 Å². The molecule has 0 aliphatic carbocycles. The third-order valence-electron chi connectivity index (χ3n) is 3.68. The van der Waals surface area contributed by atoms with E-state index >= 15 is 0 Å². The number of ether oxygens (including phenoxy) is 1. The van der Waals surface area contributed by atoms with Crippen LogP contribution >= 0.6 is 0 Å². The molecule has 2 aliphatic rings. The van der Waals surface area contributed by atoms with Crippen LogP contribution in [0.4, 0.5) is 5.69 Å². The molecule has 92 valence electrons. The minimum absolute atomic E-state index is 0.0202. The van der Waals surface area contributed by atoms with Crippen LogP contribution in [0.1, 0.15) is 12.8 Å². The lowest BCUT2D eigenvalue weighted by Crippen LogP contribution is -2.58. The van der Waals surface area contributed by atoms with E-state index in [1.807, 2.05) is 18.5 Å². The Morgan fingerprint density at radius 2 is 2.47 bits per heavy atom. The van der Waals surface area contributed by atoms with Crippen LogP contribution in [-0.2, 0) is 4.74 Å². The normalized spacial score (nSPS) is 29.5. The highest BCUT2D eigenvalue weighted by molar-refractivity contribution is 5.44. The van der Waals surface area contributed by atoms with E-state index in [0.717, 1.165) is 39.2 Å². The van der Waals surface area contributed by atoms with Crippen molar-refractivity contribution in [2.24, 2.45) is 0 Å². The maximum Gasteiger partial charge on any atom is 0.0981 e. The van der Waals surface area contributed by atoms with E-state index in [4.69, 9.17) is 4.74 Å². The Kier molecular flexibility index (Phi) is 2.99. The van der Waals surface area contributed by atoms with Gasteiger partial charge in [-0.2, -0.15) is 0 Å². The Bertz CT molecular complexity index is 357. The first-order valence-electron chi connectivity index (χ1n) is 6.38. The van der Waals surface area contributed by atoms with Gasteiger partial charge in [0.2, 0.25) is 0 Å². The van der Waals surface area contributed by atoms with Crippen molar-refractivity contribution in [3.8, 4) is 0 Å². The van der Waals surface area contributed by atoms with Crippen molar-refractivity contribution < 1.29 is 4.74 Å². The molecule has 1 aromatic heterocycles. The molecular formula is C13H19N3O. The van der Waals surface area contributed by atoms with Crippen molar-refractivity contribution in [3.63, 3.8) is 0 Å².